The van der Waals surface area contributed by atoms with Crippen LogP contribution in [0.3, 0.4) is 0 Å². The van der Waals surface area contributed by atoms with Gasteiger partial charge in [-0.1, -0.05) is 0 Å². The van der Waals surface area contributed by atoms with Gasteiger partial charge in [0, 0.05) is 13.6 Å². The largest absolute Gasteiger partial charge is 0.344 e. The highest BCUT2D eigenvalue weighted by Gasteiger charge is 2.41. The third-order valence-corrected chi connectivity index (χ3v) is 3.54. The van der Waals surface area contributed by atoms with Gasteiger partial charge < -0.3 is 11.1 Å². The van der Waals surface area contributed by atoms with Crippen molar-refractivity contribution in [2.75, 3.05) is 6.54 Å². The number of nitrogens with one attached hydrogen (secondary N) is 1. The van der Waals surface area contributed by atoms with Crippen molar-refractivity contribution in [3.05, 3.63) is 17.5 Å². The lowest BCUT2D eigenvalue weighted by molar-refractivity contribution is 0.0888. The van der Waals surface area contributed by atoms with Gasteiger partial charge >= 0.3 is 0 Å². The van der Waals surface area contributed by atoms with Gasteiger partial charge in [0.05, 0.1) is 11.2 Å². The number of aromatic nitrogens is 2. The maximum Gasteiger partial charge on any atom is 0.270 e. The first-order valence-corrected chi connectivity index (χ1v) is 5.99. The molecule has 1 atom stereocenters. The number of carbonyl (C=O) groups excluding carboxylic acids is 1. The van der Waals surface area contributed by atoms with Crippen LogP contribution in [0.25, 0.3) is 0 Å². The molecule has 0 aliphatic heterocycles. The van der Waals surface area contributed by atoms with E-state index in [0.717, 1.165) is 18.5 Å². The van der Waals surface area contributed by atoms with Crippen molar-refractivity contribution in [2.45, 2.75) is 32.2 Å². The Hall–Kier alpha value is -1.36. The Kier molecular flexibility index (Phi) is 2.95. The van der Waals surface area contributed by atoms with Crippen molar-refractivity contribution in [2.24, 2.45) is 18.7 Å². The van der Waals surface area contributed by atoms with Crippen molar-refractivity contribution in [1.29, 1.82) is 0 Å². The molecule has 0 saturated heterocycles. The first kappa shape index (κ1) is 12.1. The third-order valence-electron chi connectivity index (χ3n) is 3.54. The maximum atomic E-state index is 12.2. The molecule has 2 rings (SSSR count). The van der Waals surface area contributed by atoms with E-state index in [2.05, 4.69) is 10.4 Å². The van der Waals surface area contributed by atoms with Gasteiger partial charge in [0.1, 0.15) is 5.69 Å². The molecular formula is C12H20N4O. The molecule has 94 valence electrons. The van der Waals surface area contributed by atoms with Gasteiger partial charge in [-0.3, -0.25) is 9.48 Å². The van der Waals surface area contributed by atoms with E-state index < -0.39 is 0 Å². The molecule has 1 aliphatic rings. The normalized spacial score (nSPS) is 18.8. The van der Waals surface area contributed by atoms with Gasteiger partial charge in [0.2, 0.25) is 0 Å². The summed E-state index contributed by atoms with van der Waals surface area (Å²) in [6.45, 7) is 4.37. The van der Waals surface area contributed by atoms with E-state index in [1.165, 1.54) is 0 Å². The molecule has 0 radical (unpaired) electrons. The van der Waals surface area contributed by atoms with Crippen LogP contribution in [0.1, 0.15) is 35.9 Å². The van der Waals surface area contributed by atoms with Crippen molar-refractivity contribution in [3.63, 3.8) is 0 Å². The standard InChI is InChI=1S/C12H20N4O/c1-8-6-10(16(3)15-8)11(17)14-12(2,7-13)9-4-5-9/h6,9H,4-5,7,13H2,1-3H3,(H,14,17). The zero-order valence-corrected chi connectivity index (χ0v) is 10.7. The van der Waals surface area contributed by atoms with Crippen LogP contribution in [0.4, 0.5) is 0 Å². The van der Waals surface area contributed by atoms with Crippen LogP contribution in [0.15, 0.2) is 6.07 Å². The summed E-state index contributed by atoms with van der Waals surface area (Å²) < 4.78 is 1.61. The zero-order valence-electron chi connectivity index (χ0n) is 10.7. The van der Waals surface area contributed by atoms with E-state index in [1.54, 1.807) is 17.8 Å². The number of amides is 1. The second-order valence-electron chi connectivity index (χ2n) is 5.14. The number of hydrogen-bond acceptors (Lipinski definition) is 3. The average Bonchev–Trinajstić information content (AvgIpc) is 3.05. The third kappa shape index (κ3) is 2.34. The molecule has 1 amide bonds. The molecule has 1 fully saturated rings. The molecule has 0 spiro atoms. The summed E-state index contributed by atoms with van der Waals surface area (Å²) >= 11 is 0. The first-order valence-electron chi connectivity index (χ1n) is 5.99. The molecule has 0 bridgehead atoms. The second kappa shape index (κ2) is 4.14. The number of hydrogen-bond donors (Lipinski definition) is 2. The van der Waals surface area contributed by atoms with Crippen LogP contribution in [0.5, 0.6) is 0 Å². The van der Waals surface area contributed by atoms with E-state index in [4.69, 9.17) is 5.73 Å². The molecule has 3 N–H and O–H groups in total. The number of nitrogens with two attached hydrogens (primary N) is 1. The summed E-state index contributed by atoms with van der Waals surface area (Å²) in [5, 5.41) is 7.22. The van der Waals surface area contributed by atoms with Gasteiger partial charge in [-0.25, -0.2) is 0 Å². The van der Waals surface area contributed by atoms with Gasteiger partial charge in [-0.05, 0) is 38.7 Å². The van der Waals surface area contributed by atoms with E-state index in [0.29, 0.717) is 18.2 Å². The minimum Gasteiger partial charge on any atom is -0.344 e. The summed E-state index contributed by atoms with van der Waals surface area (Å²) in [4.78, 5) is 12.2. The van der Waals surface area contributed by atoms with Crippen molar-refractivity contribution < 1.29 is 4.79 Å². The van der Waals surface area contributed by atoms with Crippen LogP contribution >= 0.6 is 0 Å². The van der Waals surface area contributed by atoms with E-state index in [1.807, 2.05) is 13.8 Å². The molecule has 1 unspecified atom stereocenters. The summed E-state index contributed by atoms with van der Waals surface area (Å²) in [6.07, 6.45) is 2.30. The molecule has 1 aromatic rings. The highest BCUT2D eigenvalue weighted by atomic mass is 16.2. The number of carbonyl (C=O) groups is 1. The lowest BCUT2D eigenvalue weighted by Crippen LogP contribution is -2.53. The Bertz CT molecular complexity index is 436. The van der Waals surface area contributed by atoms with Gasteiger partial charge in [-0.2, -0.15) is 5.10 Å². The monoisotopic (exact) mass is 236 g/mol. The molecule has 1 aliphatic carbocycles. The highest BCUT2D eigenvalue weighted by Crippen LogP contribution is 2.39. The quantitative estimate of drug-likeness (QED) is 0.803. The van der Waals surface area contributed by atoms with Crippen molar-refractivity contribution >= 4 is 5.91 Å². The Morgan fingerprint density at radius 2 is 2.35 bits per heavy atom. The Balaban J connectivity index is 2.13. The van der Waals surface area contributed by atoms with E-state index >= 15 is 0 Å². The molecule has 1 heterocycles. The zero-order chi connectivity index (χ0) is 12.6. The van der Waals surface area contributed by atoms with Crippen LogP contribution in [-0.2, 0) is 7.05 Å². The molecule has 1 aromatic heterocycles. The SMILES string of the molecule is Cc1cc(C(=O)NC(C)(CN)C2CC2)n(C)n1. The Morgan fingerprint density at radius 1 is 1.71 bits per heavy atom. The fourth-order valence-electron chi connectivity index (χ4n) is 2.19. The lowest BCUT2D eigenvalue weighted by Gasteiger charge is -2.29. The molecule has 5 nitrogen and oxygen atoms in total. The summed E-state index contributed by atoms with van der Waals surface area (Å²) in [5.41, 5.74) is 6.93. The molecule has 17 heavy (non-hydrogen) atoms. The van der Waals surface area contributed by atoms with Crippen LogP contribution in [0.2, 0.25) is 0 Å². The van der Waals surface area contributed by atoms with E-state index in [-0.39, 0.29) is 11.4 Å². The predicted octanol–water partition coefficient (Wildman–Crippen LogP) is 0.586. The molecule has 5 heteroatoms. The minimum absolute atomic E-state index is 0.0899. The summed E-state index contributed by atoms with van der Waals surface area (Å²) in [7, 11) is 1.78. The van der Waals surface area contributed by atoms with Crippen LogP contribution in [-0.4, -0.2) is 27.8 Å². The van der Waals surface area contributed by atoms with Crippen molar-refractivity contribution in [3.8, 4) is 0 Å². The molecule has 0 aromatic carbocycles. The number of rotatable bonds is 4. The van der Waals surface area contributed by atoms with Crippen LogP contribution in [0, 0.1) is 12.8 Å². The van der Waals surface area contributed by atoms with Crippen molar-refractivity contribution in [1.82, 2.24) is 15.1 Å². The van der Waals surface area contributed by atoms with Crippen LogP contribution < -0.4 is 11.1 Å². The maximum absolute atomic E-state index is 12.2. The van der Waals surface area contributed by atoms with Gasteiger partial charge in [-0.15, -0.1) is 0 Å². The Labute approximate surface area is 101 Å². The van der Waals surface area contributed by atoms with Gasteiger partial charge in [0.25, 0.3) is 5.91 Å². The molecule has 1 saturated carbocycles. The Morgan fingerprint density at radius 3 is 2.76 bits per heavy atom. The summed E-state index contributed by atoms with van der Waals surface area (Å²) in [5.74, 6) is 0.429. The van der Waals surface area contributed by atoms with E-state index in [9.17, 15) is 4.79 Å². The molecular weight excluding hydrogens is 216 g/mol. The number of nitrogens with zero attached hydrogens (tertiary/aromatic N) is 2. The lowest BCUT2D eigenvalue weighted by atomic mass is 9.96. The topological polar surface area (TPSA) is 72.9 Å². The predicted molar refractivity (Wildman–Crippen MR) is 65.6 cm³/mol. The smallest absolute Gasteiger partial charge is 0.270 e. The van der Waals surface area contributed by atoms with Gasteiger partial charge in [0.15, 0.2) is 0 Å². The number of aryl methyl sites for hydroxylation is 2. The minimum atomic E-state index is -0.282. The summed E-state index contributed by atoms with van der Waals surface area (Å²) in [6, 6.07) is 1.79. The first-order chi connectivity index (χ1) is 7.96. The average molecular weight is 236 g/mol. The fraction of sp³-hybridized carbons (Fsp3) is 0.667. The second-order valence-corrected chi connectivity index (χ2v) is 5.14. The fourth-order valence-corrected chi connectivity index (χ4v) is 2.19. The highest BCUT2D eigenvalue weighted by molar-refractivity contribution is 5.93.